The van der Waals surface area contributed by atoms with E-state index in [0.29, 0.717) is 22.3 Å². The summed E-state index contributed by atoms with van der Waals surface area (Å²) in [5.41, 5.74) is 18.1. The van der Waals surface area contributed by atoms with Crippen LogP contribution in [0.1, 0.15) is 127 Å². The number of primary amides is 1. The van der Waals surface area contributed by atoms with Gasteiger partial charge in [-0.15, -0.1) is 11.8 Å². The Balaban J connectivity index is 1.48. The van der Waals surface area contributed by atoms with E-state index in [-0.39, 0.29) is 111 Å². The first-order chi connectivity index (χ1) is 64.0. The molecule has 0 radical (unpaired) electrons. The number of nitrogens with zero attached hydrogens (tertiary/aromatic N) is 1. The van der Waals surface area contributed by atoms with Gasteiger partial charge in [-0.05, 0) is 133 Å². The first-order valence-corrected chi connectivity index (χ1v) is 44.9. The zero-order valence-corrected chi connectivity index (χ0v) is 76.5. The zero-order chi connectivity index (χ0) is 99.5. The Labute approximate surface area is 782 Å². The largest absolute Gasteiger partial charge is 0.508 e. The highest BCUT2D eigenvalue weighted by Gasteiger charge is 2.39. The van der Waals surface area contributed by atoms with E-state index in [1.807, 2.05) is 0 Å². The fourth-order valence-electron chi connectivity index (χ4n) is 13.8. The maximum absolute atomic E-state index is 15.5. The monoisotopic (exact) mass is 1900 g/mol. The second-order valence-corrected chi connectivity index (χ2v) is 34.3. The standard InChI is InChI=1S/C88H124N24O22S/c1-7-48(6)74-86(134)111-62(33-47(4)5)81(129)107-63(34-49-12-20-54(113)21-13-49)76(124)99-41-70(118)101-60(28-29-73(121)122)79(127)106-61(32-46(2)3)75(123)98-42-71(119)103-68(77(125)97-40-69(89)117)43-135-44-72(120)102-64(35-50-14-22-55(114)23-15-50)82(130)104-58(10-8-30-95-87(90)91)78(126)110-67(38-53-39-94-45-100-53)85(133)109-66(37-52-18-26-57(116)27-19-52)84(132)108-65(36-51-16-24-56(115)25-17-51)83(131)105-59(80(128)112-74)11-9-31-96-88(92)93/h12-27,39,45-48,58-68,74,113-116H,7-11,28-38,40-44H2,1-6H3,(H2,89,117)(H,94,100)(H,97,125)(H,98,123)(H,99,124)(H,101,118)(H,102,120)(H,103,119)(H,104,130)(H,105,131)(H,106,127)(H,107,129)(H,108,132)(H,109,133)(H,110,126)(H,111,134)(H,112,128)(H,121,122)(H4,90,91,95)(H4,92,93,96)/t48-,58-,59-,60-,61-,62-,63-,64-,65-,66-,67-,68-,74-/m0/s1. The van der Waals surface area contributed by atoms with Crippen molar-refractivity contribution >= 4 is 124 Å². The molecule has 16 amide bonds. The van der Waals surface area contributed by atoms with Gasteiger partial charge in [0.25, 0.3) is 0 Å². The topological polar surface area (TPSA) is 750 Å². The number of carboxylic acid groups (broad SMARTS) is 1. The molecule has 5 aromatic rings. The average Bonchev–Trinajstić information content (AvgIpc) is 0.980. The van der Waals surface area contributed by atoms with Crippen LogP contribution in [0.4, 0.5) is 0 Å². The quantitative estimate of drug-likeness (QED) is 0.0117. The van der Waals surface area contributed by atoms with Gasteiger partial charge in [-0.25, -0.2) is 4.98 Å². The maximum Gasteiger partial charge on any atom is 0.303 e. The first-order valence-electron chi connectivity index (χ1n) is 43.8. The molecule has 0 saturated carbocycles. The summed E-state index contributed by atoms with van der Waals surface area (Å²) >= 11 is 0.717. The van der Waals surface area contributed by atoms with E-state index in [4.69, 9.17) is 28.0 Å². The summed E-state index contributed by atoms with van der Waals surface area (Å²) in [7, 11) is 0. The number of nitrogens with two attached hydrogens (primary N) is 3. The van der Waals surface area contributed by atoms with Crippen molar-refractivity contribution in [1.29, 1.82) is 10.8 Å². The van der Waals surface area contributed by atoms with Crippen LogP contribution in [0.15, 0.2) is 110 Å². The summed E-state index contributed by atoms with van der Waals surface area (Å²) in [4.78, 5) is 251. The van der Waals surface area contributed by atoms with Crippen LogP contribution in [0.2, 0.25) is 0 Å². The van der Waals surface area contributed by atoms with Crippen molar-refractivity contribution < 1.29 is 107 Å². The van der Waals surface area contributed by atoms with E-state index < -0.39 is 254 Å². The van der Waals surface area contributed by atoms with Crippen LogP contribution in [-0.2, 0) is 114 Å². The number of phenols is 4. The number of carbonyl (C=O) groups is 17. The molecule has 1 aliphatic rings. The van der Waals surface area contributed by atoms with Crippen molar-refractivity contribution in [2.24, 2.45) is 35.0 Å². The molecule has 2 heterocycles. The summed E-state index contributed by atoms with van der Waals surface area (Å²) in [6, 6.07) is 2.32. The number of hydrogen-bond donors (Lipinski definition) is 28. The number of carboxylic acids is 1. The van der Waals surface area contributed by atoms with Crippen molar-refractivity contribution in [1.82, 2.24) is 100 Å². The number of aromatic hydroxyl groups is 4. The van der Waals surface area contributed by atoms with Gasteiger partial charge < -0.3 is 138 Å². The van der Waals surface area contributed by atoms with Gasteiger partial charge >= 0.3 is 5.97 Å². The molecule has 47 heteroatoms. The number of guanidine groups is 2. The molecule has 0 bridgehead atoms. The molecule has 46 nitrogen and oxygen atoms in total. The average molecular weight is 1900 g/mol. The molecule has 0 aliphatic carbocycles. The SMILES string of the molecule is CC[C@H](C)[C@@H]1NC(=O)[C@H](CCCNC(=N)N)NC(=O)[C@H](Cc2ccc(O)cc2)NC(=O)[C@H](Cc2ccc(O)cc2)NC(=O)[C@H](Cc2c[nH]cn2)NC(=O)[C@H](CCCNC(=N)N)NC(=O)[C@H](Cc2ccc(O)cc2)NC(=O)CSC[C@@H](C(=O)NCC(N)=O)NC(=O)CNC(=O)[C@H](CC(C)C)NC(=O)[C@H](CCC(=O)O)NC(=O)CNC(=O)[C@H](Cc2ccc(O)cc2)NC(=O)[C@H](CC(C)C)NC1=O. The number of aliphatic carboxylic acids is 1. The molecule has 31 N–H and O–H groups in total. The number of aromatic amines is 1. The van der Waals surface area contributed by atoms with Gasteiger partial charge in [-0.2, -0.15) is 0 Å². The van der Waals surface area contributed by atoms with E-state index in [1.165, 1.54) is 110 Å². The van der Waals surface area contributed by atoms with Crippen molar-refractivity contribution in [3.8, 4) is 23.0 Å². The third-order valence-electron chi connectivity index (χ3n) is 21.1. The lowest BCUT2D eigenvalue weighted by Gasteiger charge is -2.30. The Morgan fingerprint density at radius 1 is 0.430 bits per heavy atom. The van der Waals surface area contributed by atoms with E-state index in [9.17, 15) is 78.3 Å². The number of amides is 16. The zero-order valence-electron chi connectivity index (χ0n) is 75.7. The van der Waals surface area contributed by atoms with Gasteiger partial charge in [0.15, 0.2) is 11.9 Å². The Morgan fingerprint density at radius 2 is 0.770 bits per heavy atom. The molecule has 135 heavy (non-hydrogen) atoms. The number of H-pyrrole nitrogens is 1. The number of aromatic nitrogens is 2. The number of carbonyl (C=O) groups excluding carboxylic acids is 16. The minimum absolute atomic E-state index is 0.00355. The number of hydrogen-bond acceptors (Lipinski definition) is 25. The molecule has 6 rings (SSSR count). The van der Waals surface area contributed by atoms with Crippen molar-refractivity contribution in [2.45, 2.75) is 204 Å². The highest BCUT2D eigenvalue weighted by molar-refractivity contribution is 8.00. The third kappa shape index (κ3) is 40.0. The smallest absolute Gasteiger partial charge is 0.303 e. The van der Waals surface area contributed by atoms with Crippen LogP contribution in [0, 0.1) is 28.6 Å². The first kappa shape index (κ1) is 109. The normalized spacial score (nSPS) is 22.0. The molecule has 1 aromatic heterocycles. The lowest BCUT2D eigenvalue weighted by molar-refractivity contribution is -0.138. The molecule has 0 spiro atoms. The number of imidazole rings is 1. The van der Waals surface area contributed by atoms with Gasteiger partial charge in [0.1, 0.15) is 95.5 Å². The van der Waals surface area contributed by atoms with Crippen molar-refractivity contribution in [3.05, 3.63) is 138 Å². The molecule has 0 unspecified atom stereocenters. The molecule has 4 aromatic carbocycles. The fraction of sp³-hybridized carbons (Fsp3) is 0.477. The number of nitrogens with one attached hydrogen (secondary N) is 20. The second-order valence-electron chi connectivity index (χ2n) is 33.3. The van der Waals surface area contributed by atoms with Gasteiger partial charge in [-0.1, -0.05) is 96.5 Å². The molecule has 13 atom stereocenters. The van der Waals surface area contributed by atoms with Crippen molar-refractivity contribution in [2.75, 3.05) is 44.2 Å². The van der Waals surface area contributed by atoms with E-state index in [0.717, 1.165) is 11.8 Å². The Bertz CT molecular complexity index is 4900. The van der Waals surface area contributed by atoms with E-state index in [1.54, 1.807) is 41.5 Å². The van der Waals surface area contributed by atoms with Crippen LogP contribution >= 0.6 is 11.8 Å². The van der Waals surface area contributed by atoms with E-state index in [2.05, 4.69) is 100 Å². The Hall–Kier alpha value is -14.8. The molecular weight excluding hydrogens is 1780 g/mol. The van der Waals surface area contributed by atoms with Crippen LogP contribution in [0.3, 0.4) is 0 Å². The Morgan fingerprint density at radius 3 is 1.16 bits per heavy atom. The number of phenolic OH excluding ortho intramolecular Hbond substituents is 4. The Kier molecular flexibility index (Phi) is 44.8. The van der Waals surface area contributed by atoms with Gasteiger partial charge in [0.05, 0.1) is 37.4 Å². The van der Waals surface area contributed by atoms with Crippen LogP contribution < -0.4 is 108 Å². The second kappa shape index (κ2) is 55.5. The summed E-state index contributed by atoms with van der Waals surface area (Å²) in [5, 5.41) is 110. The van der Waals surface area contributed by atoms with Crippen molar-refractivity contribution in [3.63, 3.8) is 0 Å². The number of thioether (sulfide) groups is 1. The van der Waals surface area contributed by atoms with E-state index >= 15 is 28.8 Å². The lowest BCUT2D eigenvalue weighted by atomic mass is 9.95. The highest BCUT2D eigenvalue weighted by Crippen LogP contribution is 2.21. The summed E-state index contributed by atoms with van der Waals surface area (Å²) in [5.74, 6) is -21.9. The van der Waals surface area contributed by atoms with Crippen LogP contribution in [0.5, 0.6) is 23.0 Å². The summed E-state index contributed by atoms with van der Waals surface area (Å²) in [6.07, 6.45) is -1.15. The number of rotatable bonds is 30. The number of benzene rings is 4. The third-order valence-corrected chi connectivity index (χ3v) is 22.2. The maximum atomic E-state index is 15.5. The lowest BCUT2D eigenvalue weighted by Crippen LogP contribution is -2.62. The minimum atomic E-state index is -1.73. The fourth-order valence-corrected chi connectivity index (χ4v) is 14.7. The predicted molar refractivity (Wildman–Crippen MR) is 492 cm³/mol. The predicted octanol–water partition coefficient (Wildman–Crippen LogP) is -4.33. The molecule has 1 saturated heterocycles. The highest BCUT2D eigenvalue weighted by atomic mass is 32.2. The van der Waals surface area contributed by atoms with Crippen LogP contribution in [0.25, 0.3) is 0 Å². The minimum Gasteiger partial charge on any atom is -0.508 e. The molecule has 1 aliphatic heterocycles. The van der Waals surface area contributed by atoms with Gasteiger partial charge in [0, 0.05) is 63.6 Å². The summed E-state index contributed by atoms with van der Waals surface area (Å²) < 4.78 is 0. The molecule has 1 fully saturated rings. The van der Waals surface area contributed by atoms with Crippen LogP contribution in [-0.4, -0.2) is 265 Å². The molecular formula is C88H124N24O22S. The van der Waals surface area contributed by atoms with Gasteiger partial charge in [0.2, 0.25) is 94.5 Å². The summed E-state index contributed by atoms with van der Waals surface area (Å²) in [6.45, 7) is 7.39. The molecule has 734 valence electrons. The van der Waals surface area contributed by atoms with Gasteiger partial charge in [-0.3, -0.25) is 92.3 Å².